The molecular formula is C14H20ClN3O2S. The number of hydrogen-bond acceptors (Lipinski definition) is 4. The third kappa shape index (κ3) is 4.17. The molecule has 0 bridgehead atoms. The van der Waals surface area contributed by atoms with Crippen molar-refractivity contribution in [1.82, 2.24) is 4.72 Å². The lowest BCUT2D eigenvalue weighted by Crippen LogP contribution is -2.40. The zero-order valence-electron chi connectivity index (χ0n) is 11.9. The molecule has 0 heterocycles. The average Bonchev–Trinajstić information content (AvgIpc) is 2.41. The molecule has 0 aliphatic heterocycles. The van der Waals surface area contributed by atoms with Crippen LogP contribution in [0.1, 0.15) is 36.8 Å². The molecule has 1 aromatic carbocycles. The fourth-order valence-electron chi connectivity index (χ4n) is 2.53. The maximum Gasteiger partial charge on any atom is 0.242 e. The topological polar surface area (TPSA) is 96.0 Å². The Morgan fingerprint density at radius 2 is 1.90 bits per heavy atom. The van der Waals surface area contributed by atoms with Crippen molar-refractivity contribution in [2.75, 3.05) is 0 Å². The monoisotopic (exact) mass is 329 g/mol. The Labute approximate surface area is 132 Å². The number of halogens is 1. The number of rotatable bonds is 3. The van der Waals surface area contributed by atoms with Crippen LogP contribution < -0.4 is 10.5 Å². The molecule has 0 unspecified atom stereocenters. The first-order chi connectivity index (χ1) is 9.44. The molecule has 2 rings (SSSR count). The molecule has 3 N–H and O–H groups in total. The Morgan fingerprint density at radius 1 is 1.29 bits per heavy atom. The number of benzene rings is 1. The van der Waals surface area contributed by atoms with Gasteiger partial charge in [0.2, 0.25) is 10.0 Å². The lowest BCUT2D eigenvalue weighted by molar-refractivity contribution is 0.373. The summed E-state index contributed by atoms with van der Waals surface area (Å²) in [5.74, 6) is 0. The number of sulfonamides is 1. The normalized spacial score (nSPS) is 22.1. The van der Waals surface area contributed by atoms with Gasteiger partial charge in [-0.1, -0.05) is 12.1 Å². The van der Waals surface area contributed by atoms with Crippen LogP contribution in [0, 0.1) is 18.3 Å². The van der Waals surface area contributed by atoms with Crippen LogP contribution in [0.15, 0.2) is 23.1 Å². The minimum absolute atomic E-state index is 0. The molecule has 7 heteroatoms. The van der Waals surface area contributed by atoms with Gasteiger partial charge in [-0.05, 0) is 44.2 Å². The van der Waals surface area contributed by atoms with Gasteiger partial charge in [-0.2, -0.15) is 5.26 Å². The summed E-state index contributed by atoms with van der Waals surface area (Å²) in [7, 11) is -3.66. The zero-order valence-corrected chi connectivity index (χ0v) is 13.5. The van der Waals surface area contributed by atoms with E-state index in [1.54, 1.807) is 19.1 Å². The molecule has 0 spiro atoms. The molecule has 0 amide bonds. The maximum absolute atomic E-state index is 12.4. The van der Waals surface area contributed by atoms with Crippen LogP contribution in [0.2, 0.25) is 0 Å². The summed E-state index contributed by atoms with van der Waals surface area (Å²) in [5, 5.41) is 9.14. The molecule has 0 radical (unpaired) electrons. The van der Waals surface area contributed by atoms with Crippen LogP contribution in [0.25, 0.3) is 0 Å². The number of hydrogen-bond donors (Lipinski definition) is 2. The Kier molecular flexibility index (Phi) is 6.17. The largest absolute Gasteiger partial charge is 0.328 e. The molecule has 1 aliphatic rings. The van der Waals surface area contributed by atoms with Crippen LogP contribution >= 0.6 is 12.4 Å². The fraction of sp³-hybridized carbons (Fsp3) is 0.500. The second-order valence-electron chi connectivity index (χ2n) is 5.29. The van der Waals surface area contributed by atoms with Crippen LogP contribution in [0.3, 0.4) is 0 Å². The van der Waals surface area contributed by atoms with Gasteiger partial charge in [0.1, 0.15) is 11.0 Å². The zero-order chi connectivity index (χ0) is 14.8. The molecule has 5 nitrogen and oxygen atoms in total. The third-order valence-corrected chi connectivity index (χ3v) is 5.29. The molecule has 116 valence electrons. The van der Waals surface area contributed by atoms with Crippen molar-refractivity contribution >= 4 is 22.4 Å². The summed E-state index contributed by atoms with van der Waals surface area (Å²) in [6, 6.07) is 6.92. The lowest BCUT2D eigenvalue weighted by atomic mass is 9.93. The van der Waals surface area contributed by atoms with E-state index in [0.29, 0.717) is 5.56 Å². The van der Waals surface area contributed by atoms with Crippen LogP contribution in [0.5, 0.6) is 0 Å². The molecule has 0 aromatic heterocycles. The molecule has 1 saturated carbocycles. The summed E-state index contributed by atoms with van der Waals surface area (Å²) < 4.78 is 27.5. The Morgan fingerprint density at radius 3 is 2.48 bits per heavy atom. The van der Waals surface area contributed by atoms with Gasteiger partial charge in [-0.15, -0.1) is 12.4 Å². The van der Waals surface area contributed by atoms with Gasteiger partial charge < -0.3 is 5.73 Å². The van der Waals surface area contributed by atoms with E-state index in [9.17, 15) is 8.42 Å². The smallest absolute Gasteiger partial charge is 0.242 e. The predicted octanol–water partition coefficient (Wildman–Crippen LogP) is 1.84. The molecule has 1 fully saturated rings. The highest BCUT2D eigenvalue weighted by Crippen LogP contribution is 2.22. The minimum Gasteiger partial charge on any atom is -0.328 e. The summed E-state index contributed by atoms with van der Waals surface area (Å²) in [6.07, 6.45) is 3.14. The minimum atomic E-state index is -3.66. The third-order valence-electron chi connectivity index (χ3n) is 3.73. The van der Waals surface area contributed by atoms with Crippen molar-refractivity contribution in [3.05, 3.63) is 29.3 Å². The Hall–Kier alpha value is -1.13. The maximum atomic E-state index is 12.4. The molecule has 1 aliphatic carbocycles. The van der Waals surface area contributed by atoms with E-state index >= 15 is 0 Å². The van der Waals surface area contributed by atoms with Gasteiger partial charge in [-0.3, -0.25) is 0 Å². The quantitative estimate of drug-likeness (QED) is 0.884. The summed E-state index contributed by atoms with van der Waals surface area (Å²) in [5.41, 5.74) is 6.70. The summed E-state index contributed by atoms with van der Waals surface area (Å²) in [6.45, 7) is 1.73. The highest BCUT2D eigenvalue weighted by molar-refractivity contribution is 7.89. The number of nitrogens with two attached hydrogens (primary N) is 1. The van der Waals surface area contributed by atoms with Gasteiger partial charge in [0.05, 0.1) is 5.56 Å². The lowest BCUT2D eigenvalue weighted by Gasteiger charge is -2.26. The van der Waals surface area contributed by atoms with Crippen molar-refractivity contribution in [3.8, 4) is 6.07 Å². The standard InChI is InChI=1S/C14H19N3O2S.ClH/c1-10-3-2-4-14(13(10)9-15)20(18,19)17-12-7-5-11(16)6-8-12;/h2-4,11-12,17H,5-8,16H2,1H3;1H. The van der Waals surface area contributed by atoms with Crippen molar-refractivity contribution < 1.29 is 8.42 Å². The number of aryl methyl sites for hydroxylation is 1. The average molecular weight is 330 g/mol. The van der Waals surface area contributed by atoms with Gasteiger partial charge in [0.15, 0.2) is 0 Å². The SMILES string of the molecule is Cc1cccc(S(=O)(=O)NC2CCC(N)CC2)c1C#N.Cl. The van der Waals surface area contributed by atoms with Crippen molar-refractivity contribution in [1.29, 1.82) is 5.26 Å². The predicted molar refractivity (Wildman–Crippen MR) is 83.7 cm³/mol. The second-order valence-corrected chi connectivity index (χ2v) is 6.98. The molecular weight excluding hydrogens is 310 g/mol. The summed E-state index contributed by atoms with van der Waals surface area (Å²) in [4.78, 5) is 0.0647. The van der Waals surface area contributed by atoms with E-state index in [1.165, 1.54) is 6.07 Å². The highest BCUT2D eigenvalue weighted by Gasteiger charge is 2.26. The van der Waals surface area contributed by atoms with Crippen LogP contribution in [0.4, 0.5) is 0 Å². The number of nitrogens with one attached hydrogen (secondary N) is 1. The van der Waals surface area contributed by atoms with Crippen molar-refractivity contribution in [2.45, 2.75) is 49.6 Å². The first-order valence-corrected chi connectivity index (χ1v) is 8.20. The van der Waals surface area contributed by atoms with E-state index in [4.69, 9.17) is 11.0 Å². The number of nitrogens with zero attached hydrogens (tertiary/aromatic N) is 1. The van der Waals surface area contributed by atoms with Gasteiger partial charge >= 0.3 is 0 Å². The van der Waals surface area contributed by atoms with E-state index in [1.807, 2.05) is 6.07 Å². The highest BCUT2D eigenvalue weighted by atomic mass is 35.5. The van der Waals surface area contributed by atoms with E-state index in [0.717, 1.165) is 25.7 Å². The van der Waals surface area contributed by atoms with E-state index < -0.39 is 10.0 Å². The molecule has 0 saturated heterocycles. The summed E-state index contributed by atoms with van der Waals surface area (Å²) >= 11 is 0. The van der Waals surface area contributed by atoms with Crippen molar-refractivity contribution in [3.63, 3.8) is 0 Å². The van der Waals surface area contributed by atoms with Crippen LogP contribution in [-0.2, 0) is 10.0 Å². The van der Waals surface area contributed by atoms with Crippen molar-refractivity contribution in [2.24, 2.45) is 5.73 Å². The van der Waals surface area contributed by atoms with Gasteiger partial charge in [0.25, 0.3) is 0 Å². The first-order valence-electron chi connectivity index (χ1n) is 6.71. The first kappa shape index (κ1) is 17.9. The Balaban J connectivity index is 0.00000220. The van der Waals surface area contributed by atoms with Crippen LogP contribution in [-0.4, -0.2) is 20.5 Å². The number of nitriles is 1. The Bertz CT molecular complexity index is 632. The molecule has 1 aromatic rings. The molecule has 0 atom stereocenters. The van der Waals surface area contributed by atoms with Gasteiger partial charge in [0, 0.05) is 12.1 Å². The fourth-order valence-corrected chi connectivity index (χ4v) is 4.06. The van der Waals surface area contributed by atoms with E-state index in [-0.39, 0.29) is 34.9 Å². The second kappa shape index (κ2) is 7.23. The van der Waals surface area contributed by atoms with E-state index in [2.05, 4.69) is 4.72 Å². The molecule has 21 heavy (non-hydrogen) atoms. The van der Waals surface area contributed by atoms with Gasteiger partial charge in [-0.25, -0.2) is 13.1 Å².